The molecule has 56 heavy (non-hydrogen) atoms. The van der Waals surface area contributed by atoms with Crippen LogP contribution in [0.1, 0.15) is 22.3 Å². The summed E-state index contributed by atoms with van der Waals surface area (Å²) in [5, 5.41) is 0. The molecule has 8 aromatic carbocycles. The molecule has 264 valence electrons. The maximum atomic E-state index is 4.48. The van der Waals surface area contributed by atoms with E-state index in [9.17, 15) is 0 Å². The second kappa shape index (κ2) is 14.2. The van der Waals surface area contributed by atoms with E-state index in [2.05, 4.69) is 222 Å². The molecule has 9 aromatic rings. The highest BCUT2D eigenvalue weighted by molar-refractivity contribution is 5.93. The fraction of sp³-hybridized carbons (Fsp3) is 0.0185. The highest BCUT2D eigenvalue weighted by Gasteiger charge is 2.46. The first-order valence-electron chi connectivity index (χ1n) is 19.2. The Hall–Kier alpha value is -7.29. The summed E-state index contributed by atoms with van der Waals surface area (Å²) in [5.41, 5.74) is 17.2. The van der Waals surface area contributed by atoms with Gasteiger partial charge >= 0.3 is 0 Å². The minimum absolute atomic E-state index is 0.580. The molecule has 0 unspecified atom stereocenters. The minimum Gasteiger partial charge on any atom is -0.310 e. The van der Waals surface area contributed by atoms with Gasteiger partial charge in [0.1, 0.15) is 0 Å². The van der Waals surface area contributed by atoms with Gasteiger partial charge in [0.05, 0.1) is 11.1 Å². The van der Waals surface area contributed by atoms with Crippen LogP contribution in [-0.2, 0) is 5.41 Å². The summed E-state index contributed by atoms with van der Waals surface area (Å²) >= 11 is 0. The molecule has 2 nitrogen and oxygen atoms in total. The predicted molar refractivity (Wildman–Crippen MR) is 233 cm³/mol. The summed E-state index contributed by atoms with van der Waals surface area (Å²) in [6.45, 7) is 0. The molecule has 1 aliphatic carbocycles. The van der Waals surface area contributed by atoms with Crippen molar-refractivity contribution in [2.75, 3.05) is 4.90 Å². The van der Waals surface area contributed by atoms with Gasteiger partial charge in [0.2, 0.25) is 0 Å². The van der Waals surface area contributed by atoms with Crippen LogP contribution in [0.4, 0.5) is 17.1 Å². The first-order chi connectivity index (χ1) is 27.8. The third-order valence-electron chi connectivity index (χ3n) is 11.2. The van der Waals surface area contributed by atoms with Crippen molar-refractivity contribution in [3.63, 3.8) is 0 Å². The van der Waals surface area contributed by atoms with Gasteiger partial charge in [-0.3, -0.25) is 4.98 Å². The van der Waals surface area contributed by atoms with Crippen molar-refractivity contribution in [2.24, 2.45) is 0 Å². The number of aromatic nitrogens is 1. The summed E-state index contributed by atoms with van der Waals surface area (Å²) < 4.78 is 0. The number of para-hydroxylation sites is 1. The van der Waals surface area contributed by atoms with Crippen molar-refractivity contribution in [1.29, 1.82) is 0 Å². The van der Waals surface area contributed by atoms with Crippen LogP contribution in [0.15, 0.2) is 231 Å². The third kappa shape index (κ3) is 5.63. The SMILES string of the molecule is c1ccc(-c2ccc(N(c3ccc4c(c3)C(c3ccccc3)(c3ccccc3)c3cc(-c5cccnc5)ccc3-4)c3ccccc3-c3ccccc3)cc2)cc1. The normalized spacial score (nSPS) is 12.4. The Morgan fingerprint density at radius 1 is 0.339 bits per heavy atom. The van der Waals surface area contributed by atoms with E-state index in [1.165, 1.54) is 55.6 Å². The van der Waals surface area contributed by atoms with Crippen molar-refractivity contribution >= 4 is 17.1 Å². The average molecular weight is 715 g/mol. The van der Waals surface area contributed by atoms with Gasteiger partial charge in [-0.25, -0.2) is 0 Å². The minimum atomic E-state index is -0.580. The molecule has 1 aromatic heterocycles. The quantitative estimate of drug-likeness (QED) is 0.156. The largest absolute Gasteiger partial charge is 0.310 e. The van der Waals surface area contributed by atoms with E-state index < -0.39 is 5.41 Å². The van der Waals surface area contributed by atoms with E-state index in [1.807, 2.05) is 18.5 Å². The molecular weight excluding hydrogens is 677 g/mol. The molecule has 0 atom stereocenters. The first kappa shape index (κ1) is 33.3. The van der Waals surface area contributed by atoms with Gasteiger partial charge in [0.25, 0.3) is 0 Å². The maximum absolute atomic E-state index is 4.48. The van der Waals surface area contributed by atoms with Crippen LogP contribution in [0, 0.1) is 0 Å². The Kier molecular flexibility index (Phi) is 8.42. The van der Waals surface area contributed by atoms with Gasteiger partial charge in [0.15, 0.2) is 0 Å². The fourth-order valence-corrected chi connectivity index (χ4v) is 8.72. The lowest BCUT2D eigenvalue weighted by atomic mass is 9.67. The second-order valence-electron chi connectivity index (χ2n) is 14.3. The first-order valence-corrected chi connectivity index (χ1v) is 19.2. The van der Waals surface area contributed by atoms with Crippen LogP contribution in [0.3, 0.4) is 0 Å². The number of fused-ring (bicyclic) bond motifs is 3. The highest BCUT2D eigenvalue weighted by atomic mass is 15.1. The Morgan fingerprint density at radius 2 is 0.839 bits per heavy atom. The predicted octanol–water partition coefficient (Wildman–Crippen LogP) is 13.9. The molecule has 0 fully saturated rings. The monoisotopic (exact) mass is 714 g/mol. The molecule has 0 radical (unpaired) electrons. The fourth-order valence-electron chi connectivity index (χ4n) is 8.72. The summed E-state index contributed by atoms with van der Waals surface area (Å²) in [7, 11) is 0. The molecule has 0 saturated carbocycles. The van der Waals surface area contributed by atoms with E-state index in [4.69, 9.17) is 0 Å². The van der Waals surface area contributed by atoms with Gasteiger partial charge in [-0.1, -0.05) is 176 Å². The molecule has 0 saturated heterocycles. The molecule has 0 bridgehead atoms. The summed E-state index contributed by atoms with van der Waals surface area (Å²) in [6, 6.07) is 79.4. The average Bonchev–Trinajstić information content (AvgIpc) is 3.58. The number of nitrogens with zero attached hydrogens (tertiary/aromatic N) is 2. The second-order valence-corrected chi connectivity index (χ2v) is 14.3. The lowest BCUT2D eigenvalue weighted by Crippen LogP contribution is -2.28. The van der Waals surface area contributed by atoms with Crippen molar-refractivity contribution in [1.82, 2.24) is 4.98 Å². The lowest BCUT2D eigenvalue weighted by Gasteiger charge is -2.35. The van der Waals surface area contributed by atoms with Crippen molar-refractivity contribution in [3.05, 3.63) is 253 Å². The van der Waals surface area contributed by atoms with Crippen LogP contribution in [0.25, 0.3) is 44.5 Å². The van der Waals surface area contributed by atoms with E-state index >= 15 is 0 Å². The zero-order valence-corrected chi connectivity index (χ0v) is 30.8. The van der Waals surface area contributed by atoms with E-state index in [0.29, 0.717) is 0 Å². The van der Waals surface area contributed by atoms with E-state index in [0.717, 1.165) is 28.2 Å². The number of rotatable bonds is 8. The number of pyridine rings is 1. The molecule has 2 heteroatoms. The van der Waals surface area contributed by atoms with Crippen molar-refractivity contribution in [3.8, 4) is 44.5 Å². The van der Waals surface area contributed by atoms with Gasteiger partial charge in [-0.15, -0.1) is 0 Å². The van der Waals surface area contributed by atoms with Crippen molar-refractivity contribution < 1.29 is 0 Å². The van der Waals surface area contributed by atoms with Crippen molar-refractivity contribution in [2.45, 2.75) is 5.41 Å². The molecule has 1 aliphatic rings. The zero-order chi connectivity index (χ0) is 37.3. The van der Waals surface area contributed by atoms with Crippen LogP contribution < -0.4 is 4.90 Å². The van der Waals surface area contributed by atoms with Crippen LogP contribution in [0.5, 0.6) is 0 Å². The molecular formula is C54H38N2. The number of anilines is 3. The topological polar surface area (TPSA) is 16.1 Å². The lowest BCUT2D eigenvalue weighted by molar-refractivity contribution is 0.768. The third-order valence-corrected chi connectivity index (χ3v) is 11.2. The van der Waals surface area contributed by atoms with E-state index in [-0.39, 0.29) is 0 Å². The highest BCUT2D eigenvalue weighted by Crippen LogP contribution is 2.58. The smallest absolute Gasteiger partial charge is 0.0714 e. The van der Waals surface area contributed by atoms with Crippen LogP contribution in [0.2, 0.25) is 0 Å². The standard InChI is InChI=1S/C54H38N2/c1-5-16-39(17-6-1)40-27-30-46(31-28-40)56(53-26-14-13-25-48(53)41-18-7-2-8-19-41)47-32-34-50-49-33-29-42(43-20-15-35-55-38-43)36-51(49)54(52(50)37-47,44-21-9-3-10-22-44)45-23-11-4-12-24-45/h1-38H. The summed E-state index contributed by atoms with van der Waals surface area (Å²) in [5.74, 6) is 0. The van der Waals surface area contributed by atoms with Gasteiger partial charge in [-0.2, -0.15) is 0 Å². The Bertz CT molecular complexity index is 2720. The number of benzene rings is 8. The van der Waals surface area contributed by atoms with Crippen LogP contribution >= 0.6 is 0 Å². The molecule has 1 heterocycles. The molecule has 0 amide bonds. The Balaban J connectivity index is 1.24. The summed E-state index contributed by atoms with van der Waals surface area (Å²) in [6.07, 6.45) is 3.79. The molecule has 0 spiro atoms. The van der Waals surface area contributed by atoms with Gasteiger partial charge in [-0.05, 0) is 104 Å². The zero-order valence-electron chi connectivity index (χ0n) is 30.8. The Labute approximate surface area is 328 Å². The van der Waals surface area contributed by atoms with Gasteiger partial charge in [0, 0.05) is 29.3 Å². The summed E-state index contributed by atoms with van der Waals surface area (Å²) in [4.78, 5) is 6.91. The van der Waals surface area contributed by atoms with Gasteiger partial charge < -0.3 is 4.90 Å². The maximum Gasteiger partial charge on any atom is 0.0714 e. The van der Waals surface area contributed by atoms with Crippen LogP contribution in [-0.4, -0.2) is 4.98 Å². The number of hydrogen-bond acceptors (Lipinski definition) is 2. The number of hydrogen-bond donors (Lipinski definition) is 0. The Morgan fingerprint density at radius 3 is 1.48 bits per heavy atom. The van der Waals surface area contributed by atoms with E-state index in [1.54, 1.807) is 0 Å². The molecule has 10 rings (SSSR count). The molecule has 0 N–H and O–H groups in total. The molecule has 0 aliphatic heterocycles.